The van der Waals surface area contributed by atoms with E-state index >= 15 is 0 Å². The molecule has 1 unspecified atom stereocenters. The van der Waals surface area contributed by atoms with Crippen LogP contribution in [0.15, 0.2) is 18.2 Å². The van der Waals surface area contributed by atoms with Crippen LogP contribution in [0, 0.1) is 6.92 Å². The lowest BCUT2D eigenvalue weighted by atomic mass is 10.3. The Bertz CT molecular complexity index is 545. The molecule has 1 atom stereocenters. The van der Waals surface area contributed by atoms with E-state index in [9.17, 15) is 8.42 Å². The highest BCUT2D eigenvalue weighted by atomic mass is 32.2. The molecule has 0 saturated carbocycles. The molecular weight excluding hydrogens is 266 g/mol. The lowest BCUT2D eigenvalue weighted by Crippen LogP contribution is -2.39. The Balaban J connectivity index is 2.00. The Morgan fingerprint density at radius 1 is 1.42 bits per heavy atom. The van der Waals surface area contributed by atoms with Crippen molar-refractivity contribution in [3.63, 3.8) is 0 Å². The van der Waals surface area contributed by atoms with Crippen LogP contribution in [0.4, 0.5) is 0 Å². The van der Waals surface area contributed by atoms with Gasteiger partial charge in [0.1, 0.15) is 6.10 Å². The van der Waals surface area contributed by atoms with Crippen LogP contribution in [0.1, 0.15) is 12.1 Å². The Kier molecular flexibility index (Phi) is 4.07. The smallest absolute Gasteiger partial charge is 0.281 e. The minimum Gasteiger partial charge on any atom is -0.473 e. The Morgan fingerprint density at radius 2 is 2.16 bits per heavy atom. The maximum atomic E-state index is 12.0. The fourth-order valence-corrected chi connectivity index (χ4v) is 3.14. The highest BCUT2D eigenvalue weighted by Gasteiger charge is 2.33. The van der Waals surface area contributed by atoms with E-state index in [4.69, 9.17) is 4.74 Å². The van der Waals surface area contributed by atoms with E-state index in [1.54, 1.807) is 6.07 Å². The number of nitrogens with zero attached hydrogens (tertiary/aromatic N) is 3. The summed E-state index contributed by atoms with van der Waals surface area (Å²) in [5, 5.41) is 0. The first-order chi connectivity index (χ1) is 8.89. The van der Waals surface area contributed by atoms with E-state index in [1.807, 2.05) is 19.1 Å². The molecular formula is C12H19N3O3S. The SMILES string of the molecule is Cc1cccc(OC2CCN(S(=O)(=O)N(C)C)C2)n1. The van der Waals surface area contributed by atoms with Gasteiger partial charge >= 0.3 is 0 Å². The molecule has 1 aromatic heterocycles. The number of ether oxygens (including phenoxy) is 1. The largest absolute Gasteiger partial charge is 0.473 e. The molecule has 106 valence electrons. The van der Waals surface area contributed by atoms with Crippen molar-refractivity contribution in [3.8, 4) is 5.88 Å². The predicted octanol–water partition coefficient (Wildman–Crippen LogP) is 0.650. The molecule has 2 heterocycles. The normalized spacial score (nSPS) is 20.9. The number of hydrogen-bond donors (Lipinski definition) is 0. The highest BCUT2D eigenvalue weighted by Crippen LogP contribution is 2.20. The molecule has 1 aliphatic heterocycles. The van der Waals surface area contributed by atoms with Gasteiger partial charge in [0.05, 0.1) is 6.54 Å². The zero-order chi connectivity index (χ0) is 14.0. The number of rotatable bonds is 4. The third kappa shape index (κ3) is 3.23. The summed E-state index contributed by atoms with van der Waals surface area (Å²) in [5.74, 6) is 0.550. The van der Waals surface area contributed by atoms with Gasteiger partial charge in [0.25, 0.3) is 10.2 Å². The van der Waals surface area contributed by atoms with Crippen molar-refractivity contribution in [2.24, 2.45) is 0 Å². The Hall–Kier alpha value is -1.18. The maximum absolute atomic E-state index is 12.0. The number of aryl methyl sites for hydroxylation is 1. The molecule has 0 aliphatic carbocycles. The van der Waals surface area contributed by atoms with E-state index in [0.717, 1.165) is 5.69 Å². The second kappa shape index (κ2) is 5.44. The molecule has 0 spiro atoms. The van der Waals surface area contributed by atoms with Crippen LogP contribution in [0.3, 0.4) is 0 Å². The molecule has 7 heteroatoms. The van der Waals surface area contributed by atoms with Crippen LogP contribution in [-0.4, -0.2) is 55.3 Å². The zero-order valence-corrected chi connectivity index (χ0v) is 12.2. The lowest BCUT2D eigenvalue weighted by molar-refractivity contribution is 0.205. The molecule has 0 aromatic carbocycles. The summed E-state index contributed by atoms with van der Waals surface area (Å²) >= 11 is 0. The molecule has 0 radical (unpaired) electrons. The van der Waals surface area contributed by atoms with Gasteiger partial charge in [-0.05, 0) is 19.4 Å². The van der Waals surface area contributed by atoms with Crippen LogP contribution < -0.4 is 4.74 Å². The first-order valence-corrected chi connectivity index (χ1v) is 7.57. The van der Waals surface area contributed by atoms with Crippen molar-refractivity contribution < 1.29 is 13.2 Å². The first kappa shape index (κ1) is 14.2. The highest BCUT2D eigenvalue weighted by molar-refractivity contribution is 7.86. The van der Waals surface area contributed by atoms with Crippen molar-refractivity contribution in [1.82, 2.24) is 13.6 Å². The van der Waals surface area contributed by atoms with E-state index in [-0.39, 0.29) is 6.10 Å². The minimum absolute atomic E-state index is 0.135. The summed E-state index contributed by atoms with van der Waals surface area (Å²) < 4.78 is 32.3. The third-order valence-electron chi connectivity index (χ3n) is 3.05. The molecule has 1 aromatic rings. The summed E-state index contributed by atoms with van der Waals surface area (Å²) in [5.41, 5.74) is 0.883. The van der Waals surface area contributed by atoms with E-state index in [1.165, 1.54) is 22.7 Å². The quantitative estimate of drug-likeness (QED) is 0.815. The van der Waals surface area contributed by atoms with Gasteiger partial charge in [0.15, 0.2) is 0 Å². The molecule has 1 saturated heterocycles. The first-order valence-electron chi connectivity index (χ1n) is 6.17. The van der Waals surface area contributed by atoms with Crippen LogP contribution in [-0.2, 0) is 10.2 Å². The molecule has 6 nitrogen and oxygen atoms in total. The molecule has 0 bridgehead atoms. The molecule has 19 heavy (non-hydrogen) atoms. The van der Waals surface area contributed by atoms with Gasteiger partial charge in [0, 0.05) is 32.4 Å². The number of aromatic nitrogens is 1. The molecule has 1 fully saturated rings. The molecule has 1 aliphatic rings. The summed E-state index contributed by atoms with van der Waals surface area (Å²) in [6.07, 6.45) is 0.548. The van der Waals surface area contributed by atoms with Gasteiger partial charge in [-0.15, -0.1) is 0 Å². The number of hydrogen-bond acceptors (Lipinski definition) is 4. The van der Waals surface area contributed by atoms with E-state index in [2.05, 4.69) is 4.98 Å². The standard InChI is InChI=1S/C12H19N3O3S/c1-10-5-4-6-12(13-10)18-11-7-8-15(9-11)19(16,17)14(2)3/h4-6,11H,7-9H2,1-3H3. The summed E-state index contributed by atoms with van der Waals surface area (Å²) in [6.45, 7) is 2.75. The summed E-state index contributed by atoms with van der Waals surface area (Å²) in [4.78, 5) is 4.26. The van der Waals surface area contributed by atoms with E-state index in [0.29, 0.717) is 25.4 Å². The summed E-state index contributed by atoms with van der Waals surface area (Å²) in [7, 11) is -0.277. The van der Waals surface area contributed by atoms with E-state index < -0.39 is 10.2 Å². The van der Waals surface area contributed by atoms with Crippen LogP contribution in [0.5, 0.6) is 5.88 Å². The van der Waals surface area contributed by atoms with Crippen molar-refractivity contribution in [1.29, 1.82) is 0 Å². The van der Waals surface area contributed by atoms with Crippen molar-refractivity contribution in [2.45, 2.75) is 19.4 Å². The second-order valence-corrected chi connectivity index (χ2v) is 6.94. The maximum Gasteiger partial charge on any atom is 0.281 e. The topological polar surface area (TPSA) is 62.7 Å². The number of pyridine rings is 1. The lowest BCUT2D eigenvalue weighted by Gasteiger charge is -2.20. The van der Waals surface area contributed by atoms with Gasteiger partial charge in [-0.1, -0.05) is 6.07 Å². The van der Waals surface area contributed by atoms with Gasteiger partial charge in [-0.3, -0.25) is 0 Å². The van der Waals surface area contributed by atoms with Gasteiger partial charge in [-0.25, -0.2) is 4.98 Å². The van der Waals surface area contributed by atoms with Gasteiger partial charge in [-0.2, -0.15) is 17.0 Å². The van der Waals surface area contributed by atoms with Gasteiger partial charge < -0.3 is 4.74 Å². The predicted molar refractivity (Wildman–Crippen MR) is 72.2 cm³/mol. The average Bonchev–Trinajstić information content (AvgIpc) is 2.78. The van der Waals surface area contributed by atoms with Crippen molar-refractivity contribution >= 4 is 10.2 Å². The molecule has 0 N–H and O–H groups in total. The zero-order valence-electron chi connectivity index (χ0n) is 11.4. The molecule has 2 rings (SSSR count). The van der Waals surface area contributed by atoms with Crippen LogP contribution in [0.2, 0.25) is 0 Å². The third-order valence-corrected chi connectivity index (χ3v) is 4.95. The van der Waals surface area contributed by atoms with Crippen LogP contribution >= 0.6 is 0 Å². The fourth-order valence-electron chi connectivity index (χ4n) is 1.99. The minimum atomic E-state index is -3.34. The summed E-state index contributed by atoms with van der Waals surface area (Å²) in [6, 6.07) is 5.56. The van der Waals surface area contributed by atoms with Crippen molar-refractivity contribution in [3.05, 3.63) is 23.9 Å². The van der Waals surface area contributed by atoms with Crippen LogP contribution in [0.25, 0.3) is 0 Å². The molecule has 0 amide bonds. The average molecular weight is 285 g/mol. The monoisotopic (exact) mass is 285 g/mol. The Morgan fingerprint density at radius 3 is 2.79 bits per heavy atom. The Labute approximate surface area is 114 Å². The fraction of sp³-hybridized carbons (Fsp3) is 0.583. The second-order valence-electron chi connectivity index (χ2n) is 4.79. The van der Waals surface area contributed by atoms with Crippen molar-refractivity contribution in [2.75, 3.05) is 27.2 Å². The van der Waals surface area contributed by atoms with Gasteiger partial charge in [0.2, 0.25) is 5.88 Å².